The monoisotopic (exact) mass is 280 g/mol. The number of hydrogen-bond donors (Lipinski definition) is 1. The van der Waals surface area contributed by atoms with E-state index in [-0.39, 0.29) is 11.0 Å². The number of fused-ring (bicyclic) bond motifs is 1. The average molecular weight is 280 g/mol. The Hall–Kier alpha value is -0.410. The van der Waals surface area contributed by atoms with Crippen molar-refractivity contribution in [3.05, 3.63) is 15.6 Å². The standard InChI is InChI=1S/C16H28N2S/c1-14(2,3)17-9-12-18-11-8-15(4,5)10-16(6,7)13(11)19-12/h17H,8-10H2,1-7H3. The number of nitrogens with one attached hydrogen (secondary N) is 1. The van der Waals surface area contributed by atoms with Gasteiger partial charge in [0.2, 0.25) is 0 Å². The molecule has 1 aromatic heterocycles. The van der Waals surface area contributed by atoms with Gasteiger partial charge in [-0.1, -0.05) is 27.7 Å². The highest BCUT2D eigenvalue weighted by molar-refractivity contribution is 7.11. The molecule has 0 radical (unpaired) electrons. The van der Waals surface area contributed by atoms with E-state index in [0.29, 0.717) is 5.41 Å². The van der Waals surface area contributed by atoms with Gasteiger partial charge in [0.15, 0.2) is 0 Å². The molecule has 0 saturated heterocycles. The third kappa shape index (κ3) is 3.57. The van der Waals surface area contributed by atoms with Gasteiger partial charge in [-0.3, -0.25) is 0 Å². The first kappa shape index (κ1) is 15.0. The van der Waals surface area contributed by atoms with E-state index < -0.39 is 0 Å². The highest BCUT2D eigenvalue weighted by atomic mass is 32.1. The third-order valence-corrected chi connectivity index (χ3v) is 5.16. The molecule has 2 rings (SSSR count). The molecular weight excluding hydrogens is 252 g/mol. The Balaban J connectivity index is 2.23. The van der Waals surface area contributed by atoms with Crippen molar-refractivity contribution in [1.29, 1.82) is 0 Å². The summed E-state index contributed by atoms with van der Waals surface area (Å²) >= 11 is 1.91. The van der Waals surface area contributed by atoms with E-state index in [4.69, 9.17) is 4.98 Å². The number of hydrogen-bond acceptors (Lipinski definition) is 3. The molecule has 0 bridgehead atoms. The van der Waals surface area contributed by atoms with Crippen LogP contribution in [0.5, 0.6) is 0 Å². The second-order valence-electron chi connectivity index (χ2n) is 8.39. The van der Waals surface area contributed by atoms with E-state index in [1.165, 1.54) is 22.0 Å². The number of aromatic nitrogens is 1. The largest absolute Gasteiger partial charge is 0.306 e. The first-order valence-electron chi connectivity index (χ1n) is 7.23. The molecule has 1 heterocycles. The van der Waals surface area contributed by atoms with Crippen LogP contribution in [0.4, 0.5) is 0 Å². The molecule has 0 aliphatic heterocycles. The number of nitrogens with zero attached hydrogens (tertiary/aromatic N) is 1. The normalized spacial score (nSPS) is 21.2. The second kappa shape index (κ2) is 4.56. The van der Waals surface area contributed by atoms with Crippen molar-refractivity contribution in [1.82, 2.24) is 10.3 Å². The minimum Gasteiger partial charge on any atom is -0.306 e. The number of thiazole rings is 1. The topological polar surface area (TPSA) is 24.9 Å². The van der Waals surface area contributed by atoms with Gasteiger partial charge < -0.3 is 5.32 Å². The van der Waals surface area contributed by atoms with Gasteiger partial charge in [0, 0.05) is 22.4 Å². The predicted octanol–water partition coefficient (Wildman–Crippen LogP) is 4.28. The molecule has 0 aromatic carbocycles. The van der Waals surface area contributed by atoms with Gasteiger partial charge in [-0.25, -0.2) is 4.98 Å². The Morgan fingerprint density at radius 3 is 2.42 bits per heavy atom. The lowest BCUT2D eigenvalue weighted by molar-refractivity contribution is 0.232. The second-order valence-corrected chi connectivity index (χ2v) is 9.47. The summed E-state index contributed by atoms with van der Waals surface area (Å²) in [7, 11) is 0. The highest BCUT2D eigenvalue weighted by Crippen LogP contribution is 2.47. The van der Waals surface area contributed by atoms with Gasteiger partial charge in [0.1, 0.15) is 5.01 Å². The Bertz CT molecular complexity index is 464. The fraction of sp³-hybridized carbons (Fsp3) is 0.812. The summed E-state index contributed by atoms with van der Waals surface area (Å²) in [6, 6.07) is 0. The molecule has 2 nitrogen and oxygen atoms in total. The van der Waals surface area contributed by atoms with Gasteiger partial charge in [0.25, 0.3) is 0 Å². The maximum Gasteiger partial charge on any atom is 0.107 e. The molecule has 1 aliphatic rings. The maximum absolute atomic E-state index is 4.90. The van der Waals surface area contributed by atoms with Crippen molar-refractivity contribution < 1.29 is 0 Å². The highest BCUT2D eigenvalue weighted by Gasteiger charge is 2.39. The quantitative estimate of drug-likeness (QED) is 0.874. The summed E-state index contributed by atoms with van der Waals surface area (Å²) in [5.74, 6) is 0. The lowest BCUT2D eigenvalue weighted by Gasteiger charge is -2.39. The van der Waals surface area contributed by atoms with Crippen LogP contribution in [-0.2, 0) is 18.4 Å². The maximum atomic E-state index is 4.90. The zero-order valence-corrected chi connectivity index (χ0v) is 14.3. The smallest absolute Gasteiger partial charge is 0.107 e. The Morgan fingerprint density at radius 1 is 1.21 bits per heavy atom. The predicted molar refractivity (Wildman–Crippen MR) is 83.8 cm³/mol. The molecular formula is C16H28N2S. The van der Waals surface area contributed by atoms with E-state index in [2.05, 4.69) is 53.8 Å². The molecule has 19 heavy (non-hydrogen) atoms. The summed E-state index contributed by atoms with van der Waals surface area (Å²) in [6.07, 6.45) is 2.37. The molecule has 0 fully saturated rings. The zero-order valence-electron chi connectivity index (χ0n) is 13.5. The molecule has 0 spiro atoms. The zero-order chi connectivity index (χ0) is 14.5. The van der Waals surface area contributed by atoms with Crippen LogP contribution in [0.3, 0.4) is 0 Å². The number of rotatable bonds is 2. The Morgan fingerprint density at radius 2 is 1.84 bits per heavy atom. The van der Waals surface area contributed by atoms with Crippen molar-refractivity contribution >= 4 is 11.3 Å². The minimum absolute atomic E-state index is 0.154. The van der Waals surface area contributed by atoms with Gasteiger partial charge >= 0.3 is 0 Å². The first-order chi connectivity index (χ1) is 8.49. The molecule has 108 valence electrons. The van der Waals surface area contributed by atoms with Gasteiger partial charge in [-0.05, 0) is 39.0 Å². The third-order valence-electron chi connectivity index (χ3n) is 3.69. The van der Waals surface area contributed by atoms with E-state index in [1.807, 2.05) is 11.3 Å². The fourth-order valence-corrected chi connectivity index (χ4v) is 4.38. The van der Waals surface area contributed by atoms with Crippen molar-refractivity contribution in [2.75, 3.05) is 0 Å². The molecule has 3 heteroatoms. The van der Waals surface area contributed by atoms with E-state index in [9.17, 15) is 0 Å². The van der Waals surface area contributed by atoms with Crippen LogP contribution in [-0.4, -0.2) is 10.5 Å². The Labute approximate surface area is 122 Å². The van der Waals surface area contributed by atoms with E-state index in [0.717, 1.165) is 13.0 Å². The SMILES string of the molecule is CC1(C)Cc2nc(CNC(C)(C)C)sc2C(C)(C)C1. The van der Waals surface area contributed by atoms with Crippen LogP contribution >= 0.6 is 11.3 Å². The van der Waals surface area contributed by atoms with Crippen LogP contribution in [0.2, 0.25) is 0 Å². The summed E-state index contributed by atoms with van der Waals surface area (Å²) in [6.45, 7) is 17.0. The van der Waals surface area contributed by atoms with Crippen LogP contribution in [0, 0.1) is 5.41 Å². The van der Waals surface area contributed by atoms with E-state index in [1.54, 1.807) is 0 Å². The minimum atomic E-state index is 0.154. The lowest BCUT2D eigenvalue weighted by atomic mass is 9.67. The molecule has 1 aromatic rings. The first-order valence-corrected chi connectivity index (χ1v) is 8.04. The fourth-order valence-electron chi connectivity index (χ4n) is 3.26. The summed E-state index contributed by atoms with van der Waals surface area (Å²) in [5, 5.41) is 4.78. The molecule has 0 unspecified atom stereocenters. The summed E-state index contributed by atoms with van der Waals surface area (Å²) in [4.78, 5) is 6.41. The van der Waals surface area contributed by atoms with Crippen molar-refractivity contribution in [2.24, 2.45) is 5.41 Å². The molecule has 0 amide bonds. The Kier molecular flexibility index (Phi) is 3.60. The van der Waals surface area contributed by atoms with Crippen LogP contribution in [0.25, 0.3) is 0 Å². The van der Waals surface area contributed by atoms with Crippen molar-refractivity contribution in [2.45, 2.75) is 78.8 Å². The molecule has 1 N–H and O–H groups in total. The van der Waals surface area contributed by atoms with Crippen LogP contribution in [0.1, 0.15) is 70.5 Å². The molecule has 1 aliphatic carbocycles. The van der Waals surface area contributed by atoms with Gasteiger partial charge in [0.05, 0.1) is 5.69 Å². The van der Waals surface area contributed by atoms with Crippen molar-refractivity contribution in [3.8, 4) is 0 Å². The summed E-state index contributed by atoms with van der Waals surface area (Å²) < 4.78 is 0. The lowest BCUT2D eigenvalue weighted by Crippen LogP contribution is -2.35. The van der Waals surface area contributed by atoms with Crippen LogP contribution in [0.15, 0.2) is 0 Å². The molecule has 0 saturated carbocycles. The van der Waals surface area contributed by atoms with E-state index >= 15 is 0 Å². The molecule has 0 atom stereocenters. The van der Waals surface area contributed by atoms with Gasteiger partial charge in [-0.15, -0.1) is 11.3 Å². The van der Waals surface area contributed by atoms with Crippen molar-refractivity contribution in [3.63, 3.8) is 0 Å². The van der Waals surface area contributed by atoms with Gasteiger partial charge in [-0.2, -0.15) is 0 Å². The van der Waals surface area contributed by atoms with Crippen LogP contribution < -0.4 is 5.32 Å². The average Bonchev–Trinajstić information content (AvgIpc) is 2.54. The summed E-state index contributed by atoms with van der Waals surface area (Å²) in [5.41, 5.74) is 2.14.